The van der Waals surface area contributed by atoms with E-state index in [-0.39, 0.29) is 30.6 Å². The van der Waals surface area contributed by atoms with Gasteiger partial charge in [-0.3, -0.25) is 10.1 Å². The third kappa shape index (κ3) is 4.72. The summed E-state index contributed by atoms with van der Waals surface area (Å²) in [5.74, 6) is 0.0722. The molecule has 0 saturated heterocycles. The molecule has 8 nitrogen and oxygen atoms in total. The number of carbonyl (C=O) groups is 1. The van der Waals surface area contributed by atoms with E-state index in [1.807, 2.05) is 0 Å². The van der Waals surface area contributed by atoms with Crippen LogP contribution in [0.4, 0.5) is 10.3 Å². The highest BCUT2D eigenvalue weighted by molar-refractivity contribution is 6.32. The Kier molecular flexibility index (Phi) is 5.94. The number of aryl methyl sites for hydroxylation is 1. The number of amides is 1. The van der Waals surface area contributed by atoms with Gasteiger partial charge in [0, 0.05) is 5.56 Å². The Balaban J connectivity index is 1.44. The minimum absolute atomic E-state index is 0.0387. The fourth-order valence-electron chi connectivity index (χ4n) is 2.84. The number of nitrogens with one attached hydrogen (secondary N) is 1. The van der Waals surface area contributed by atoms with Crippen LogP contribution in [0.25, 0.3) is 0 Å². The van der Waals surface area contributed by atoms with Gasteiger partial charge in [0.25, 0.3) is 5.91 Å². The summed E-state index contributed by atoms with van der Waals surface area (Å²) in [5, 5.41) is 11.0. The number of halogens is 2. The van der Waals surface area contributed by atoms with E-state index >= 15 is 0 Å². The van der Waals surface area contributed by atoms with Crippen molar-refractivity contribution in [3.63, 3.8) is 0 Å². The van der Waals surface area contributed by atoms with E-state index < -0.39 is 5.91 Å². The molecule has 1 N–H and O–H groups in total. The fraction of sp³-hybridized carbons (Fsp3) is 0.143. The van der Waals surface area contributed by atoms with E-state index in [4.69, 9.17) is 20.9 Å². The Morgan fingerprint density at radius 2 is 2.00 bits per heavy atom. The molecule has 4 aromatic rings. The smallest absolute Gasteiger partial charge is 0.280 e. The molecular weight excluding hydrogens is 425 g/mol. The molecule has 2 aromatic carbocycles. The lowest BCUT2D eigenvalue weighted by molar-refractivity contribution is 0.101. The van der Waals surface area contributed by atoms with Gasteiger partial charge in [0.15, 0.2) is 5.69 Å². The number of aromatic nitrogens is 4. The van der Waals surface area contributed by atoms with Crippen LogP contribution in [0.1, 0.15) is 27.4 Å². The maximum Gasteiger partial charge on any atom is 0.280 e. The van der Waals surface area contributed by atoms with Crippen molar-refractivity contribution in [1.82, 2.24) is 19.9 Å². The summed E-state index contributed by atoms with van der Waals surface area (Å²) in [7, 11) is 0. The Morgan fingerprint density at radius 3 is 2.81 bits per heavy atom. The molecule has 0 aliphatic carbocycles. The van der Waals surface area contributed by atoms with Crippen LogP contribution >= 0.6 is 11.6 Å². The number of ether oxygens (including phenoxy) is 1. The molecule has 0 radical (unpaired) electrons. The number of anilines is 1. The van der Waals surface area contributed by atoms with E-state index in [0.717, 1.165) is 0 Å². The lowest BCUT2D eigenvalue weighted by Gasteiger charge is -2.08. The zero-order valence-corrected chi connectivity index (χ0v) is 17.1. The van der Waals surface area contributed by atoms with Gasteiger partial charge in [0.1, 0.15) is 30.3 Å². The third-order valence-electron chi connectivity index (χ3n) is 4.46. The average molecular weight is 442 g/mol. The minimum Gasteiger partial charge on any atom is -0.487 e. The molecule has 158 valence electrons. The molecule has 0 atom stereocenters. The van der Waals surface area contributed by atoms with Gasteiger partial charge in [-0.15, -0.1) is 5.10 Å². The molecule has 0 aliphatic rings. The van der Waals surface area contributed by atoms with Gasteiger partial charge >= 0.3 is 0 Å². The van der Waals surface area contributed by atoms with Crippen LogP contribution in [-0.2, 0) is 13.2 Å². The van der Waals surface area contributed by atoms with Gasteiger partial charge in [0.05, 0.1) is 17.1 Å². The van der Waals surface area contributed by atoms with Crippen molar-refractivity contribution >= 4 is 23.5 Å². The fourth-order valence-corrected chi connectivity index (χ4v) is 3.03. The summed E-state index contributed by atoms with van der Waals surface area (Å²) in [6.45, 7) is 1.89. The van der Waals surface area contributed by atoms with Gasteiger partial charge in [-0.1, -0.05) is 47.1 Å². The van der Waals surface area contributed by atoms with Gasteiger partial charge in [-0.05, 0) is 25.1 Å². The summed E-state index contributed by atoms with van der Waals surface area (Å²) >= 11 is 6.10. The van der Waals surface area contributed by atoms with Gasteiger partial charge in [-0.2, -0.15) is 0 Å². The molecule has 0 saturated carbocycles. The van der Waals surface area contributed by atoms with Crippen molar-refractivity contribution < 1.29 is 18.4 Å². The monoisotopic (exact) mass is 441 g/mol. The van der Waals surface area contributed by atoms with Gasteiger partial charge in [-0.25, -0.2) is 14.1 Å². The standard InChI is InChI=1S/C21H17ClFN5O3/c1-13-15(11-30-18-9-5-3-7-16(18)22)19(27-31-13)20(29)25-21-24-12-28(26-21)10-14-6-2-4-8-17(14)23/h2-9,12H,10-11H2,1H3,(H,25,26,29). The van der Waals surface area contributed by atoms with Crippen LogP contribution in [-0.4, -0.2) is 25.8 Å². The Hall–Kier alpha value is -3.72. The summed E-state index contributed by atoms with van der Waals surface area (Å²) in [6.07, 6.45) is 1.40. The lowest BCUT2D eigenvalue weighted by Crippen LogP contribution is -2.16. The van der Waals surface area contributed by atoms with E-state index in [2.05, 4.69) is 20.6 Å². The SMILES string of the molecule is Cc1onc(C(=O)Nc2ncn(Cc3ccccc3F)n2)c1COc1ccccc1Cl. The Bertz CT molecular complexity index is 1220. The Morgan fingerprint density at radius 1 is 1.23 bits per heavy atom. The highest BCUT2D eigenvalue weighted by atomic mass is 35.5. The normalized spacial score (nSPS) is 10.8. The first-order chi connectivity index (χ1) is 15.0. The van der Waals surface area contributed by atoms with Crippen molar-refractivity contribution in [2.24, 2.45) is 0 Å². The van der Waals surface area contributed by atoms with Crippen LogP contribution in [0, 0.1) is 12.7 Å². The molecule has 0 fully saturated rings. The van der Waals surface area contributed by atoms with Crippen LogP contribution in [0.3, 0.4) is 0 Å². The molecule has 2 aromatic heterocycles. The molecule has 0 bridgehead atoms. The number of carbonyl (C=O) groups excluding carboxylic acids is 1. The number of hydrogen-bond acceptors (Lipinski definition) is 6. The highest BCUT2D eigenvalue weighted by Gasteiger charge is 2.22. The molecule has 4 rings (SSSR count). The molecule has 31 heavy (non-hydrogen) atoms. The van der Waals surface area contributed by atoms with Crippen molar-refractivity contribution in [2.45, 2.75) is 20.1 Å². The first-order valence-electron chi connectivity index (χ1n) is 9.28. The summed E-state index contributed by atoms with van der Waals surface area (Å²) in [4.78, 5) is 16.7. The topological polar surface area (TPSA) is 95.1 Å². The predicted molar refractivity (Wildman–Crippen MR) is 111 cm³/mol. The summed E-state index contributed by atoms with van der Waals surface area (Å²) < 4.78 is 26.1. The number of rotatable bonds is 7. The maximum absolute atomic E-state index is 13.8. The minimum atomic E-state index is -0.557. The number of para-hydroxylation sites is 1. The largest absolute Gasteiger partial charge is 0.487 e. The van der Waals surface area contributed by atoms with E-state index in [1.165, 1.54) is 17.1 Å². The van der Waals surface area contributed by atoms with Crippen molar-refractivity contribution in [3.05, 3.63) is 88.3 Å². The van der Waals surface area contributed by atoms with E-state index in [9.17, 15) is 9.18 Å². The first-order valence-corrected chi connectivity index (χ1v) is 9.65. The molecule has 2 heterocycles. The molecule has 10 heteroatoms. The first kappa shape index (κ1) is 20.5. The second-order valence-electron chi connectivity index (χ2n) is 6.60. The van der Waals surface area contributed by atoms with Crippen LogP contribution in [0.15, 0.2) is 59.4 Å². The summed E-state index contributed by atoms with van der Waals surface area (Å²) in [5.41, 5.74) is 0.981. The molecule has 0 aliphatic heterocycles. The van der Waals surface area contributed by atoms with Crippen molar-refractivity contribution in [3.8, 4) is 5.75 Å². The predicted octanol–water partition coefficient (Wildman–Crippen LogP) is 4.25. The molecular formula is C21H17ClFN5O3. The maximum atomic E-state index is 13.8. The second-order valence-corrected chi connectivity index (χ2v) is 7.00. The zero-order chi connectivity index (χ0) is 21.8. The van der Waals surface area contributed by atoms with E-state index in [1.54, 1.807) is 49.4 Å². The summed E-state index contributed by atoms with van der Waals surface area (Å²) in [6, 6.07) is 13.4. The molecule has 0 spiro atoms. The second kappa shape index (κ2) is 8.97. The highest BCUT2D eigenvalue weighted by Crippen LogP contribution is 2.25. The zero-order valence-electron chi connectivity index (χ0n) is 16.4. The van der Waals surface area contributed by atoms with Crippen LogP contribution < -0.4 is 10.1 Å². The molecule has 0 unspecified atom stereocenters. The number of nitrogens with zero attached hydrogens (tertiary/aromatic N) is 4. The lowest BCUT2D eigenvalue weighted by atomic mass is 10.2. The molecule has 1 amide bonds. The average Bonchev–Trinajstić information content (AvgIpc) is 3.35. The quantitative estimate of drug-likeness (QED) is 0.460. The van der Waals surface area contributed by atoms with Crippen LogP contribution in [0.5, 0.6) is 5.75 Å². The van der Waals surface area contributed by atoms with Crippen molar-refractivity contribution in [2.75, 3.05) is 5.32 Å². The van der Waals surface area contributed by atoms with Crippen molar-refractivity contribution in [1.29, 1.82) is 0 Å². The van der Waals surface area contributed by atoms with Crippen LogP contribution in [0.2, 0.25) is 5.02 Å². The van der Waals surface area contributed by atoms with E-state index in [0.29, 0.717) is 27.7 Å². The number of hydrogen-bond donors (Lipinski definition) is 1. The number of benzene rings is 2. The van der Waals surface area contributed by atoms with Gasteiger partial charge < -0.3 is 9.26 Å². The van der Waals surface area contributed by atoms with Gasteiger partial charge in [0.2, 0.25) is 5.95 Å². The Labute approximate surface area is 181 Å². The third-order valence-corrected chi connectivity index (χ3v) is 4.77.